The number of nitrogens with two attached hydrogens (primary N) is 1. The number of anilines is 1. The van der Waals surface area contributed by atoms with Gasteiger partial charge in [-0.25, -0.2) is 0 Å². The molecule has 1 aromatic carbocycles. The van der Waals surface area contributed by atoms with Gasteiger partial charge >= 0.3 is 0 Å². The smallest absolute Gasteiger partial charge is 0.232 e. The van der Waals surface area contributed by atoms with Crippen molar-refractivity contribution in [3.05, 3.63) is 29.8 Å². The van der Waals surface area contributed by atoms with Gasteiger partial charge in [0, 0.05) is 31.2 Å². The van der Waals surface area contributed by atoms with Crippen LogP contribution in [0.4, 0.5) is 5.69 Å². The second-order valence-corrected chi connectivity index (χ2v) is 7.83. The highest BCUT2D eigenvalue weighted by atomic mass is 16.2. The summed E-state index contributed by atoms with van der Waals surface area (Å²) in [4.78, 5) is 27.0. The third kappa shape index (κ3) is 3.17. The zero-order valence-electron chi connectivity index (χ0n) is 14.6. The van der Waals surface area contributed by atoms with Crippen LogP contribution in [-0.2, 0) is 9.59 Å². The number of carbonyl (C=O) groups is 2. The molecular weight excluding hydrogens is 314 g/mol. The Balaban J connectivity index is 1.35. The van der Waals surface area contributed by atoms with E-state index in [9.17, 15) is 9.59 Å². The van der Waals surface area contributed by atoms with E-state index in [2.05, 4.69) is 11.4 Å². The standard InChI is InChI=1S/C20H27N3O2/c21-16-6-3-4-14(16)12-18(24)23-10-8-13(9-11-23)19-15-5-1-2-7-17(15)22-20(19)25/h1-2,5,7,13-14,16,19H,3-4,6,8-12,21H2,(H,22,25)/t14-,16+,19?/m0/s1. The van der Waals surface area contributed by atoms with Crippen molar-refractivity contribution in [2.24, 2.45) is 17.6 Å². The molecule has 2 heterocycles. The average molecular weight is 341 g/mol. The minimum Gasteiger partial charge on any atom is -0.343 e. The molecule has 1 aliphatic carbocycles. The molecule has 3 atom stereocenters. The van der Waals surface area contributed by atoms with E-state index in [1.165, 1.54) is 0 Å². The van der Waals surface area contributed by atoms with Crippen LogP contribution in [0.25, 0.3) is 0 Å². The topological polar surface area (TPSA) is 75.4 Å². The Labute approximate surface area is 148 Å². The number of likely N-dealkylation sites (tertiary alicyclic amines) is 1. The molecule has 2 aliphatic heterocycles. The van der Waals surface area contributed by atoms with Crippen LogP contribution in [0, 0.1) is 11.8 Å². The minimum absolute atomic E-state index is 0.0586. The number of amides is 2. The number of fused-ring (bicyclic) bond motifs is 1. The molecule has 2 fully saturated rings. The van der Waals surface area contributed by atoms with E-state index >= 15 is 0 Å². The SMILES string of the molecule is N[C@@H]1CCC[C@H]1CC(=O)N1CCC(C2C(=O)Nc3ccccc32)CC1. The van der Waals surface area contributed by atoms with E-state index in [0.717, 1.165) is 56.4 Å². The minimum atomic E-state index is -0.0586. The lowest BCUT2D eigenvalue weighted by Crippen LogP contribution is -2.42. The summed E-state index contributed by atoms with van der Waals surface area (Å²) in [5.41, 5.74) is 8.18. The van der Waals surface area contributed by atoms with Gasteiger partial charge in [-0.3, -0.25) is 9.59 Å². The molecule has 0 aromatic heterocycles. The molecule has 25 heavy (non-hydrogen) atoms. The lowest BCUT2D eigenvalue weighted by Gasteiger charge is -2.35. The van der Waals surface area contributed by atoms with Gasteiger partial charge in [-0.1, -0.05) is 24.6 Å². The highest BCUT2D eigenvalue weighted by molar-refractivity contribution is 6.03. The van der Waals surface area contributed by atoms with Gasteiger partial charge in [-0.05, 0) is 49.1 Å². The Hall–Kier alpha value is -1.88. The molecule has 0 radical (unpaired) electrons. The van der Waals surface area contributed by atoms with Crippen LogP contribution in [0.3, 0.4) is 0 Å². The number of hydrogen-bond acceptors (Lipinski definition) is 3. The van der Waals surface area contributed by atoms with Crippen LogP contribution >= 0.6 is 0 Å². The zero-order valence-corrected chi connectivity index (χ0v) is 14.6. The molecule has 5 nitrogen and oxygen atoms in total. The fourth-order valence-electron chi connectivity index (χ4n) is 4.86. The first-order valence-electron chi connectivity index (χ1n) is 9.56. The number of nitrogens with zero attached hydrogens (tertiary/aromatic N) is 1. The normalized spacial score (nSPS) is 29.6. The molecule has 1 saturated carbocycles. The van der Waals surface area contributed by atoms with Crippen LogP contribution in [0.15, 0.2) is 24.3 Å². The Bertz CT molecular complexity index is 667. The van der Waals surface area contributed by atoms with Crippen molar-refractivity contribution in [2.45, 2.75) is 50.5 Å². The van der Waals surface area contributed by atoms with Crippen molar-refractivity contribution in [1.82, 2.24) is 4.90 Å². The van der Waals surface area contributed by atoms with Crippen LogP contribution < -0.4 is 11.1 Å². The van der Waals surface area contributed by atoms with Gasteiger partial charge in [0.05, 0.1) is 5.92 Å². The second-order valence-electron chi connectivity index (χ2n) is 7.83. The zero-order chi connectivity index (χ0) is 17.4. The molecule has 0 bridgehead atoms. The number of piperidine rings is 1. The van der Waals surface area contributed by atoms with E-state index in [1.54, 1.807) is 0 Å². The number of nitrogens with one attached hydrogen (secondary N) is 1. The van der Waals surface area contributed by atoms with Gasteiger partial charge in [0.1, 0.15) is 0 Å². The molecular formula is C20H27N3O2. The largest absolute Gasteiger partial charge is 0.343 e. The molecule has 3 aliphatic rings. The molecule has 5 heteroatoms. The molecule has 4 rings (SSSR count). The fraction of sp³-hybridized carbons (Fsp3) is 0.600. The van der Waals surface area contributed by atoms with Crippen molar-refractivity contribution in [2.75, 3.05) is 18.4 Å². The summed E-state index contributed by atoms with van der Waals surface area (Å²) in [5.74, 6) is 0.982. The van der Waals surface area contributed by atoms with Crippen molar-refractivity contribution < 1.29 is 9.59 Å². The third-order valence-corrected chi connectivity index (χ3v) is 6.35. The van der Waals surface area contributed by atoms with Crippen molar-refractivity contribution in [3.63, 3.8) is 0 Å². The predicted octanol–water partition coefficient (Wildman–Crippen LogP) is 2.48. The van der Waals surface area contributed by atoms with E-state index in [-0.39, 0.29) is 23.8 Å². The lowest BCUT2D eigenvalue weighted by molar-refractivity contribution is -0.133. The first-order chi connectivity index (χ1) is 12.1. The van der Waals surface area contributed by atoms with Gasteiger partial charge in [0.15, 0.2) is 0 Å². The van der Waals surface area contributed by atoms with Crippen LogP contribution in [0.5, 0.6) is 0 Å². The van der Waals surface area contributed by atoms with E-state index in [1.807, 2.05) is 23.1 Å². The average Bonchev–Trinajstić information content (AvgIpc) is 3.17. The summed E-state index contributed by atoms with van der Waals surface area (Å²) in [6.07, 6.45) is 5.68. The summed E-state index contributed by atoms with van der Waals surface area (Å²) in [6.45, 7) is 1.52. The second kappa shape index (κ2) is 6.79. The molecule has 0 spiro atoms. The monoisotopic (exact) mass is 341 g/mol. The third-order valence-electron chi connectivity index (χ3n) is 6.35. The van der Waals surface area contributed by atoms with Crippen LogP contribution in [-0.4, -0.2) is 35.8 Å². The van der Waals surface area contributed by atoms with Crippen molar-refractivity contribution in [3.8, 4) is 0 Å². The van der Waals surface area contributed by atoms with Crippen molar-refractivity contribution >= 4 is 17.5 Å². The van der Waals surface area contributed by atoms with Gasteiger partial charge in [0.2, 0.25) is 11.8 Å². The van der Waals surface area contributed by atoms with Crippen LogP contribution in [0.2, 0.25) is 0 Å². The number of rotatable bonds is 3. The Morgan fingerprint density at radius 3 is 2.64 bits per heavy atom. The first kappa shape index (κ1) is 16.6. The summed E-state index contributed by atoms with van der Waals surface area (Å²) in [5, 5.41) is 3.00. The summed E-state index contributed by atoms with van der Waals surface area (Å²) in [7, 11) is 0. The Kier molecular flexibility index (Phi) is 4.50. The van der Waals surface area contributed by atoms with Gasteiger partial charge in [0.25, 0.3) is 0 Å². The molecule has 1 aromatic rings. The summed E-state index contributed by atoms with van der Waals surface area (Å²) >= 11 is 0. The first-order valence-corrected chi connectivity index (χ1v) is 9.56. The Morgan fingerprint density at radius 2 is 1.92 bits per heavy atom. The molecule has 2 amide bonds. The van der Waals surface area contributed by atoms with E-state index in [4.69, 9.17) is 5.73 Å². The highest BCUT2D eigenvalue weighted by Gasteiger charge is 2.39. The lowest BCUT2D eigenvalue weighted by atomic mass is 9.80. The molecule has 1 unspecified atom stereocenters. The van der Waals surface area contributed by atoms with Crippen molar-refractivity contribution in [1.29, 1.82) is 0 Å². The maximum absolute atomic E-state index is 12.6. The van der Waals surface area contributed by atoms with Gasteiger partial charge in [-0.15, -0.1) is 0 Å². The predicted molar refractivity (Wildman–Crippen MR) is 97.1 cm³/mol. The summed E-state index contributed by atoms with van der Waals surface area (Å²) < 4.78 is 0. The Morgan fingerprint density at radius 1 is 1.16 bits per heavy atom. The number of carbonyl (C=O) groups excluding carboxylic acids is 2. The highest BCUT2D eigenvalue weighted by Crippen LogP contribution is 2.41. The number of benzene rings is 1. The fourth-order valence-corrected chi connectivity index (χ4v) is 4.86. The summed E-state index contributed by atoms with van der Waals surface area (Å²) in [6, 6.07) is 8.17. The molecule has 3 N–H and O–H groups in total. The maximum atomic E-state index is 12.6. The molecule has 1 saturated heterocycles. The van der Waals surface area contributed by atoms with E-state index in [0.29, 0.717) is 18.3 Å². The number of hydrogen-bond donors (Lipinski definition) is 2. The van der Waals surface area contributed by atoms with Crippen LogP contribution in [0.1, 0.15) is 50.0 Å². The van der Waals surface area contributed by atoms with Gasteiger partial charge < -0.3 is 16.0 Å². The number of para-hydroxylation sites is 1. The molecule has 134 valence electrons. The quantitative estimate of drug-likeness (QED) is 0.887. The van der Waals surface area contributed by atoms with Gasteiger partial charge in [-0.2, -0.15) is 0 Å². The maximum Gasteiger partial charge on any atom is 0.232 e. The van der Waals surface area contributed by atoms with E-state index < -0.39 is 0 Å².